The molecule has 0 amide bonds. The van der Waals surface area contributed by atoms with Crippen LogP contribution in [0.25, 0.3) is 11.0 Å². The predicted octanol–water partition coefficient (Wildman–Crippen LogP) is 3.88. The molecular formula is C13H18ClN3. The maximum Gasteiger partial charge on any atom is 0.201 e. The lowest BCUT2D eigenvalue weighted by Gasteiger charge is -2.22. The van der Waals surface area contributed by atoms with Gasteiger partial charge in [0.2, 0.25) is 5.95 Å². The van der Waals surface area contributed by atoms with E-state index in [9.17, 15) is 0 Å². The van der Waals surface area contributed by atoms with Crippen molar-refractivity contribution in [2.75, 3.05) is 5.73 Å². The first-order chi connectivity index (χ1) is 8.06. The van der Waals surface area contributed by atoms with E-state index < -0.39 is 0 Å². The molecule has 0 saturated carbocycles. The molecule has 3 nitrogen and oxygen atoms in total. The van der Waals surface area contributed by atoms with Gasteiger partial charge in [0.1, 0.15) is 5.52 Å². The first-order valence-electron chi connectivity index (χ1n) is 5.98. The number of aromatic nitrogens is 2. The molecule has 1 aromatic heterocycles. The molecule has 1 heterocycles. The highest BCUT2D eigenvalue weighted by Gasteiger charge is 2.19. The Kier molecular flexibility index (Phi) is 3.29. The summed E-state index contributed by atoms with van der Waals surface area (Å²) in [6.07, 6.45) is 1.03. The van der Waals surface area contributed by atoms with Crippen LogP contribution in [0.1, 0.15) is 33.2 Å². The molecule has 1 atom stereocenters. The van der Waals surface area contributed by atoms with Crippen molar-refractivity contribution in [1.29, 1.82) is 0 Å². The zero-order chi connectivity index (χ0) is 12.6. The molecular weight excluding hydrogens is 234 g/mol. The van der Waals surface area contributed by atoms with Crippen LogP contribution in [-0.4, -0.2) is 9.55 Å². The number of anilines is 1. The first-order valence-corrected chi connectivity index (χ1v) is 6.36. The lowest BCUT2D eigenvalue weighted by molar-refractivity contribution is 0.377. The van der Waals surface area contributed by atoms with Crippen molar-refractivity contribution in [3.63, 3.8) is 0 Å². The van der Waals surface area contributed by atoms with Crippen LogP contribution in [0.4, 0.5) is 5.95 Å². The van der Waals surface area contributed by atoms with Gasteiger partial charge < -0.3 is 10.3 Å². The molecule has 92 valence electrons. The lowest BCUT2D eigenvalue weighted by Crippen LogP contribution is -2.16. The first kappa shape index (κ1) is 12.2. The van der Waals surface area contributed by atoms with E-state index in [1.165, 1.54) is 0 Å². The van der Waals surface area contributed by atoms with Gasteiger partial charge in [-0.3, -0.25) is 0 Å². The molecule has 0 saturated heterocycles. The van der Waals surface area contributed by atoms with Crippen LogP contribution in [-0.2, 0) is 0 Å². The molecule has 0 fully saturated rings. The van der Waals surface area contributed by atoms with Crippen LogP contribution < -0.4 is 5.73 Å². The van der Waals surface area contributed by atoms with Crippen molar-refractivity contribution in [3.8, 4) is 0 Å². The van der Waals surface area contributed by atoms with Crippen molar-refractivity contribution in [2.24, 2.45) is 5.92 Å². The summed E-state index contributed by atoms with van der Waals surface area (Å²) >= 11 is 6.14. The number of rotatable bonds is 3. The number of hydrogen-bond acceptors (Lipinski definition) is 2. The van der Waals surface area contributed by atoms with E-state index in [0.29, 0.717) is 22.9 Å². The van der Waals surface area contributed by atoms with E-state index in [4.69, 9.17) is 17.3 Å². The zero-order valence-electron chi connectivity index (χ0n) is 10.4. The Hall–Kier alpha value is -1.22. The van der Waals surface area contributed by atoms with Crippen molar-refractivity contribution >= 4 is 28.6 Å². The van der Waals surface area contributed by atoms with Crippen molar-refractivity contribution < 1.29 is 0 Å². The minimum Gasteiger partial charge on any atom is -0.369 e. The van der Waals surface area contributed by atoms with E-state index in [-0.39, 0.29) is 0 Å². The van der Waals surface area contributed by atoms with E-state index >= 15 is 0 Å². The summed E-state index contributed by atoms with van der Waals surface area (Å²) in [5, 5.41) is 0.659. The predicted molar refractivity (Wildman–Crippen MR) is 73.3 cm³/mol. The highest BCUT2D eigenvalue weighted by molar-refractivity contribution is 6.35. The molecule has 0 radical (unpaired) electrons. The normalized spacial score (nSPS) is 13.5. The monoisotopic (exact) mass is 251 g/mol. The van der Waals surface area contributed by atoms with E-state index in [1.807, 2.05) is 18.2 Å². The molecule has 0 spiro atoms. The minimum absolute atomic E-state index is 0.360. The molecule has 1 unspecified atom stereocenters. The largest absolute Gasteiger partial charge is 0.369 e. The Bertz CT molecular complexity index is 531. The quantitative estimate of drug-likeness (QED) is 0.900. The third-order valence-electron chi connectivity index (χ3n) is 3.22. The summed E-state index contributed by atoms with van der Waals surface area (Å²) in [4.78, 5) is 4.37. The van der Waals surface area contributed by atoms with Gasteiger partial charge in [0, 0.05) is 6.04 Å². The second kappa shape index (κ2) is 4.57. The number of para-hydroxylation sites is 1. The van der Waals surface area contributed by atoms with E-state index in [1.54, 1.807) is 0 Å². The number of nitrogens with two attached hydrogens (primary N) is 1. The number of fused-ring (bicyclic) bond motifs is 1. The van der Waals surface area contributed by atoms with Crippen LogP contribution in [0.2, 0.25) is 5.02 Å². The molecule has 2 N–H and O–H groups in total. The van der Waals surface area contributed by atoms with Gasteiger partial charge in [-0.25, -0.2) is 4.98 Å². The van der Waals surface area contributed by atoms with Gasteiger partial charge in [0.15, 0.2) is 0 Å². The second-order valence-corrected chi connectivity index (χ2v) is 5.07. The third kappa shape index (κ3) is 2.00. The zero-order valence-corrected chi connectivity index (χ0v) is 11.2. The number of nitrogen functional groups attached to an aromatic ring is 1. The molecule has 4 heteroatoms. The Balaban J connectivity index is 2.68. The van der Waals surface area contributed by atoms with Crippen LogP contribution in [0.3, 0.4) is 0 Å². The van der Waals surface area contributed by atoms with E-state index in [0.717, 1.165) is 17.5 Å². The SMILES string of the molecule is CCC(C(C)C)n1c(N)nc2c(Cl)cccc21. The highest BCUT2D eigenvalue weighted by atomic mass is 35.5. The van der Waals surface area contributed by atoms with Gasteiger partial charge in [0.25, 0.3) is 0 Å². The van der Waals surface area contributed by atoms with Crippen LogP contribution in [0, 0.1) is 5.92 Å². The van der Waals surface area contributed by atoms with Gasteiger partial charge in [0.05, 0.1) is 10.5 Å². The fraction of sp³-hybridized carbons (Fsp3) is 0.462. The summed E-state index contributed by atoms with van der Waals surface area (Å²) < 4.78 is 2.10. The summed E-state index contributed by atoms with van der Waals surface area (Å²) in [5.41, 5.74) is 7.85. The summed E-state index contributed by atoms with van der Waals surface area (Å²) in [5.74, 6) is 1.06. The smallest absolute Gasteiger partial charge is 0.201 e. The summed E-state index contributed by atoms with van der Waals surface area (Å²) in [7, 11) is 0. The Morgan fingerprint density at radius 2 is 2.12 bits per heavy atom. The van der Waals surface area contributed by atoms with Gasteiger partial charge in [-0.1, -0.05) is 38.4 Å². The standard InChI is InChI=1S/C13H18ClN3/c1-4-10(8(2)3)17-11-7-5-6-9(14)12(11)16-13(17)15/h5-8,10H,4H2,1-3H3,(H2,15,16). The van der Waals surface area contributed by atoms with Crippen LogP contribution in [0.15, 0.2) is 18.2 Å². The number of halogens is 1. The Morgan fingerprint density at radius 3 is 2.71 bits per heavy atom. The fourth-order valence-corrected chi connectivity index (χ4v) is 2.61. The molecule has 0 aliphatic rings. The molecule has 0 aliphatic carbocycles. The van der Waals surface area contributed by atoms with Crippen molar-refractivity contribution in [2.45, 2.75) is 33.2 Å². The lowest BCUT2D eigenvalue weighted by atomic mass is 10.0. The molecule has 0 aliphatic heterocycles. The molecule has 2 rings (SSSR count). The highest BCUT2D eigenvalue weighted by Crippen LogP contribution is 2.32. The fourth-order valence-electron chi connectivity index (χ4n) is 2.40. The molecule has 1 aromatic carbocycles. The third-order valence-corrected chi connectivity index (χ3v) is 3.52. The average Bonchev–Trinajstić information content (AvgIpc) is 2.59. The number of benzene rings is 1. The Labute approximate surface area is 107 Å². The number of nitrogens with zero attached hydrogens (tertiary/aromatic N) is 2. The summed E-state index contributed by atoms with van der Waals surface area (Å²) in [6, 6.07) is 6.17. The van der Waals surface area contributed by atoms with Gasteiger partial charge in [-0.05, 0) is 24.5 Å². The van der Waals surface area contributed by atoms with Crippen LogP contribution >= 0.6 is 11.6 Å². The number of imidazole rings is 1. The summed E-state index contributed by atoms with van der Waals surface area (Å²) in [6.45, 7) is 6.56. The van der Waals surface area contributed by atoms with Crippen molar-refractivity contribution in [3.05, 3.63) is 23.2 Å². The van der Waals surface area contributed by atoms with Gasteiger partial charge in [-0.15, -0.1) is 0 Å². The van der Waals surface area contributed by atoms with Gasteiger partial charge in [-0.2, -0.15) is 0 Å². The average molecular weight is 252 g/mol. The van der Waals surface area contributed by atoms with Crippen molar-refractivity contribution in [1.82, 2.24) is 9.55 Å². The Morgan fingerprint density at radius 1 is 1.41 bits per heavy atom. The number of hydrogen-bond donors (Lipinski definition) is 1. The molecule has 2 aromatic rings. The minimum atomic E-state index is 0.360. The molecule has 0 bridgehead atoms. The van der Waals surface area contributed by atoms with Gasteiger partial charge >= 0.3 is 0 Å². The molecule has 17 heavy (non-hydrogen) atoms. The maximum atomic E-state index is 6.14. The maximum absolute atomic E-state index is 6.14. The van der Waals surface area contributed by atoms with E-state index in [2.05, 4.69) is 30.3 Å². The second-order valence-electron chi connectivity index (χ2n) is 4.67. The van der Waals surface area contributed by atoms with Crippen LogP contribution in [0.5, 0.6) is 0 Å². The topological polar surface area (TPSA) is 43.8 Å².